The Morgan fingerprint density at radius 1 is 1.50 bits per heavy atom. The van der Waals surface area contributed by atoms with Crippen molar-refractivity contribution in [2.75, 3.05) is 13.6 Å². The number of nitrogens with zero attached hydrogens (tertiary/aromatic N) is 3. The second kappa shape index (κ2) is 4.94. The molecule has 0 aliphatic rings. The highest BCUT2D eigenvalue weighted by Gasteiger charge is 2.08. The number of aryl methyl sites for hydroxylation is 2. The van der Waals surface area contributed by atoms with Crippen molar-refractivity contribution in [3.05, 3.63) is 24.4 Å². The quantitative estimate of drug-likeness (QED) is 0.770. The first-order valence-electron chi connectivity index (χ1n) is 5.39. The summed E-state index contributed by atoms with van der Waals surface area (Å²) in [6.07, 6.45) is 5.39. The van der Waals surface area contributed by atoms with Crippen molar-refractivity contribution in [1.82, 2.24) is 20.1 Å². The largest absolute Gasteiger partial charge is 0.439 e. The third-order valence-electron chi connectivity index (χ3n) is 2.44. The van der Waals surface area contributed by atoms with Crippen LogP contribution in [0.15, 0.2) is 22.9 Å². The number of hydrogen-bond donors (Lipinski definition) is 1. The molecule has 86 valence electrons. The van der Waals surface area contributed by atoms with Crippen molar-refractivity contribution in [2.45, 2.75) is 12.8 Å². The van der Waals surface area contributed by atoms with E-state index in [2.05, 4.69) is 15.4 Å². The van der Waals surface area contributed by atoms with Gasteiger partial charge in [0.15, 0.2) is 11.7 Å². The number of rotatable bonds is 5. The molecule has 0 atom stereocenters. The zero-order valence-corrected chi connectivity index (χ0v) is 9.60. The Hall–Kier alpha value is -1.62. The van der Waals surface area contributed by atoms with Gasteiger partial charge in [0.1, 0.15) is 5.69 Å². The van der Waals surface area contributed by atoms with E-state index in [9.17, 15) is 0 Å². The Morgan fingerprint density at radius 2 is 2.38 bits per heavy atom. The van der Waals surface area contributed by atoms with Crippen molar-refractivity contribution in [3.8, 4) is 11.5 Å². The van der Waals surface area contributed by atoms with Gasteiger partial charge in [0, 0.05) is 19.7 Å². The molecule has 0 amide bonds. The molecule has 0 saturated heterocycles. The first-order chi connectivity index (χ1) is 7.81. The zero-order valence-electron chi connectivity index (χ0n) is 9.60. The van der Waals surface area contributed by atoms with Gasteiger partial charge in [-0.3, -0.25) is 4.68 Å². The highest BCUT2D eigenvalue weighted by Crippen LogP contribution is 2.19. The van der Waals surface area contributed by atoms with Crippen LogP contribution in [0.2, 0.25) is 0 Å². The predicted octanol–water partition coefficient (Wildman–Crippen LogP) is 1.23. The summed E-state index contributed by atoms with van der Waals surface area (Å²) in [5, 5.41) is 7.19. The highest BCUT2D eigenvalue weighted by atomic mass is 16.4. The third kappa shape index (κ3) is 2.30. The van der Waals surface area contributed by atoms with Crippen molar-refractivity contribution in [3.63, 3.8) is 0 Å². The molecule has 0 aliphatic carbocycles. The predicted molar refractivity (Wildman–Crippen MR) is 61.0 cm³/mol. The van der Waals surface area contributed by atoms with E-state index < -0.39 is 0 Å². The fourth-order valence-electron chi connectivity index (χ4n) is 1.58. The number of aromatic nitrogens is 3. The first-order valence-corrected chi connectivity index (χ1v) is 5.39. The van der Waals surface area contributed by atoms with E-state index in [0.29, 0.717) is 0 Å². The zero-order chi connectivity index (χ0) is 11.4. The maximum atomic E-state index is 5.66. The molecule has 5 heteroatoms. The van der Waals surface area contributed by atoms with Gasteiger partial charge in [-0.15, -0.1) is 0 Å². The molecule has 0 bridgehead atoms. The minimum atomic E-state index is 0.777. The van der Waals surface area contributed by atoms with E-state index in [-0.39, 0.29) is 0 Å². The third-order valence-corrected chi connectivity index (χ3v) is 2.44. The van der Waals surface area contributed by atoms with Crippen molar-refractivity contribution in [1.29, 1.82) is 0 Å². The Balaban J connectivity index is 2.05. The fraction of sp³-hybridized carbons (Fsp3) is 0.455. The summed E-state index contributed by atoms with van der Waals surface area (Å²) >= 11 is 0. The summed E-state index contributed by atoms with van der Waals surface area (Å²) in [6.45, 7) is 0.976. The summed E-state index contributed by atoms with van der Waals surface area (Å²) in [4.78, 5) is 4.25. The normalized spacial score (nSPS) is 10.9. The van der Waals surface area contributed by atoms with Gasteiger partial charge < -0.3 is 9.73 Å². The van der Waals surface area contributed by atoms with Crippen molar-refractivity contribution >= 4 is 0 Å². The van der Waals surface area contributed by atoms with E-state index >= 15 is 0 Å². The Kier molecular flexibility index (Phi) is 3.36. The molecule has 2 heterocycles. The lowest BCUT2D eigenvalue weighted by Gasteiger charge is -1.97. The van der Waals surface area contributed by atoms with Gasteiger partial charge in [-0.2, -0.15) is 5.10 Å². The topological polar surface area (TPSA) is 55.9 Å². The summed E-state index contributed by atoms with van der Waals surface area (Å²) in [7, 11) is 3.83. The van der Waals surface area contributed by atoms with Gasteiger partial charge in [-0.25, -0.2) is 4.98 Å². The second-order valence-electron chi connectivity index (χ2n) is 3.67. The Bertz CT molecular complexity index is 446. The second-order valence-corrected chi connectivity index (χ2v) is 3.67. The molecule has 0 fully saturated rings. The molecule has 0 aliphatic heterocycles. The average Bonchev–Trinajstić information content (AvgIpc) is 2.87. The van der Waals surface area contributed by atoms with Crippen LogP contribution >= 0.6 is 0 Å². The Morgan fingerprint density at radius 3 is 3.06 bits per heavy atom. The highest BCUT2D eigenvalue weighted by molar-refractivity contribution is 5.50. The number of hydrogen-bond acceptors (Lipinski definition) is 4. The minimum absolute atomic E-state index is 0.777. The van der Waals surface area contributed by atoms with Crippen molar-refractivity contribution in [2.24, 2.45) is 7.05 Å². The molecule has 1 N–H and O–H groups in total. The van der Waals surface area contributed by atoms with Gasteiger partial charge in [0.2, 0.25) is 0 Å². The first kappa shape index (κ1) is 10.9. The Labute approximate surface area is 94.5 Å². The number of oxazole rings is 1. The van der Waals surface area contributed by atoms with Crippen LogP contribution in [0.25, 0.3) is 11.5 Å². The monoisotopic (exact) mass is 220 g/mol. The molecule has 5 nitrogen and oxygen atoms in total. The van der Waals surface area contributed by atoms with Gasteiger partial charge in [0.05, 0.1) is 6.20 Å². The molecule has 0 saturated carbocycles. The van der Waals surface area contributed by atoms with Crippen molar-refractivity contribution < 1.29 is 4.42 Å². The standard InChI is InChI=1S/C11H16N4O/c1-12-6-3-4-11-13-8-10(16-11)9-5-7-14-15(9)2/h5,7-8,12H,3-4,6H2,1-2H3. The van der Waals surface area contributed by atoms with E-state index in [4.69, 9.17) is 4.42 Å². The molecule has 0 unspecified atom stereocenters. The van der Waals surface area contributed by atoms with Gasteiger partial charge in [-0.05, 0) is 26.1 Å². The van der Waals surface area contributed by atoms with Crippen LogP contribution in [-0.4, -0.2) is 28.4 Å². The molecule has 2 aromatic rings. The molecule has 0 aromatic carbocycles. The fourth-order valence-corrected chi connectivity index (χ4v) is 1.58. The van der Waals surface area contributed by atoms with Crippen LogP contribution in [0.4, 0.5) is 0 Å². The van der Waals surface area contributed by atoms with E-state index in [0.717, 1.165) is 36.7 Å². The molecule has 0 radical (unpaired) electrons. The lowest BCUT2D eigenvalue weighted by atomic mass is 10.3. The molecule has 16 heavy (non-hydrogen) atoms. The molecule has 2 rings (SSSR count). The lowest BCUT2D eigenvalue weighted by molar-refractivity contribution is 0.491. The van der Waals surface area contributed by atoms with Gasteiger partial charge in [-0.1, -0.05) is 0 Å². The van der Waals surface area contributed by atoms with Crippen LogP contribution in [0.1, 0.15) is 12.3 Å². The molecule has 0 spiro atoms. The van der Waals surface area contributed by atoms with Crippen LogP contribution in [0, 0.1) is 0 Å². The van der Waals surface area contributed by atoms with Crippen LogP contribution < -0.4 is 5.32 Å². The maximum Gasteiger partial charge on any atom is 0.195 e. The lowest BCUT2D eigenvalue weighted by Crippen LogP contribution is -2.08. The van der Waals surface area contributed by atoms with Crippen LogP contribution in [0.3, 0.4) is 0 Å². The molecular formula is C11H16N4O. The van der Waals surface area contributed by atoms with Gasteiger partial charge >= 0.3 is 0 Å². The van der Waals surface area contributed by atoms with Gasteiger partial charge in [0.25, 0.3) is 0 Å². The summed E-state index contributed by atoms with van der Waals surface area (Å²) in [6, 6.07) is 1.91. The molecule has 2 aromatic heterocycles. The summed E-state index contributed by atoms with van der Waals surface area (Å²) in [5.41, 5.74) is 0.951. The summed E-state index contributed by atoms with van der Waals surface area (Å²) < 4.78 is 7.43. The average molecular weight is 220 g/mol. The molecular weight excluding hydrogens is 204 g/mol. The van der Waals surface area contributed by atoms with Crippen LogP contribution in [-0.2, 0) is 13.5 Å². The summed E-state index contributed by atoms with van der Waals surface area (Å²) in [5.74, 6) is 1.56. The van der Waals surface area contributed by atoms with Crippen LogP contribution in [0.5, 0.6) is 0 Å². The maximum absolute atomic E-state index is 5.66. The van der Waals surface area contributed by atoms with E-state index in [1.807, 2.05) is 20.2 Å². The number of nitrogens with one attached hydrogen (secondary N) is 1. The van der Waals surface area contributed by atoms with E-state index in [1.54, 1.807) is 17.1 Å². The SMILES string of the molecule is CNCCCc1ncc(-c2ccnn2C)o1. The van der Waals surface area contributed by atoms with E-state index in [1.165, 1.54) is 0 Å². The minimum Gasteiger partial charge on any atom is -0.439 e. The smallest absolute Gasteiger partial charge is 0.195 e.